The van der Waals surface area contributed by atoms with Crippen LogP contribution < -0.4 is 5.32 Å². The fraction of sp³-hybridized carbons (Fsp3) is 1.00. The van der Waals surface area contributed by atoms with E-state index in [1.807, 2.05) is 0 Å². The summed E-state index contributed by atoms with van der Waals surface area (Å²) in [7, 11) is 0. The molecule has 0 aromatic heterocycles. The fourth-order valence-corrected chi connectivity index (χ4v) is 2.67. The van der Waals surface area contributed by atoms with Gasteiger partial charge in [-0.05, 0) is 13.3 Å². The highest BCUT2D eigenvalue weighted by Crippen LogP contribution is 2.10. The van der Waals surface area contributed by atoms with E-state index in [1.54, 1.807) is 0 Å². The van der Waals surface area contributed by atoms with Gasteiger partial charge >= 0.3 is 0 Å². The van der Waals surface area contributed by atoms with Gasteiger partial charge in [0.2, 0.25) is 0 Å². The van der Waals surface area contributed by atoms with Gasteiger partial charge in [0.1, 0.15) is 0 Å². The Morgan fingerprint density at radius 3 is 2.65 bits per heavy atom. The Bertz CT molecular complexity index is 211. The highest BCUT2D eigenvalue weighted by Gasteiger charge is 2.23. The Morgan fingerprint density at radius 1 is 1.29 bits per heavy atom. The van der Waals surface area contributed by atoms with Crippen LogP contribution in [0, 0.1) is 0 Å². The second-order valence-electron chi connectivity index (χ2n) is 5.29. The van der Waals surface area contributed by atoms with Crippen molar-refractivity contribution >= 4 is 0 Å². The van der Waals surface area contributed by atoms with Gasteiger partial charge in [-0.25, -0.2) is 0 Å². The van der Waals surface area contributed by atoms with Crippen LogP contribution in [0.3, 0.4) is 0 Å². The van der Waals surface area contributed by atoms with Crippen LogP contribution in [-0.4, -0.2) is 74.4 Å². The second kappa shape index (κ2) is 6.69. The lowest BCUT2D eigenvalue weighted by molar-refractivity contribution is -0.00692. The average molecular weight is 241 g/mol. The summed E-state index contributed by atoms with van der Waals surface area (Å²) in [4.78, 5) is 5.16. The maximum atomic E-state index is 5.76. The van der Waals surface area contributed by atoms with Crippen LogP contribution in [0.4, 0.5) is 0 Å². The molecule has 0 aliphatic carbocycles. The predicted octanol–water partition coefficient (Wildman–Crippen LogP) is 0.391. The molecule has 100 valence electrons. The summed E-state index contributed by atoms with van der Waals surface area (Å²) in [6, 6.07) is 0.741. The van der Waals surface area contributed by atoms with Crippen molar-refractivity contribution in [1.29, 1.82) is 0 Å². The third-order valence-corrected chi connectivity index (χ3v) is 4.09. The SMILES string of the molecule is CCC(C)N1CCN(CC2CNCCO2)CC1. The standard InChI is InChI=1S/C13H27N3O/c1-3-12(2)16-7-5-15(6-8-16)11-13-10-14-4-9-17-13/h12-14H,3-11H2,1-2H3. The van der Waals surface area contributed by atoms with E-state index >= 15 is 0 Å². The van der Waals surface area contributed by atoms with E-state index < -0.39 is 0 Å². The normalized spacial score (nSPS) is 30.4. The molecule has 0 aromatic rings. The van der Waals surface area contributed by atoms with E-state index in [0.717, 1.165) is 32.3 Å². The molecule has 4 nitrogen and oxygen atoms in total. The van der Waals surface area contributed by atoms with Crippen LogP contribution in [0.1, 0.15) is 20.3 Å². The first-order valence-electron chi connectivity index (χ1n) is 7.08. The van der Waals surface area contributed by atoms with Gasteiger partial charge in [-0.2, -0.15) is 0 Å². The number of hydrogen-bond acceptors (Lipinski definition) is 4. The van der Waals surface area contributed by atoms with E-state index in [4.69, 9.17) is 4.74 Å². The number of piperazine rings is 1. The summed E-state index contributed by atoms with van der Waals surface area (Å²) in [5.74, 6) is 0. The molecule has 17 heavy (non-hydrogen) atoms. The molecule has 0 aromatic carbocycles. The third kappa shape index (κ3) is 3.91. The van der Waals surface area contributed by atoms with Gasteiger partial charge < -0.3 is 10.1 Å². The molecule has 2 saturated heterocycles. The van der Waals surface area contributed by atoms with Crippen molar-refractivity contribution in [3.8, 4) is 0 Å². The maximum Gasteiger partial charge on any atom is 0.0826 e. The van der Waals surface area contributed by atoms with Crippen LogP contribution >= 0.6 is 0 Å². The van der Waals surface area contributed by atoms with Crippen molar-refractivity contribution in [3.63, 3.8) is 0 Å². The third-order valence-electron chi connectivity index (χ3n) is 4.09. The second-order valence-corrected chi connectivity index (χ2v) is 5.29. The molecule has 2 unspecified atom stereocenters. The Kier molecular flexibility index (Phi) is 5.22. The zero-order valence-electron chi connectivity index (χ0n) is 11.3. The van der Waals surface area contributed by atoms with E-state index in [9.17, 15) is 0 Å². The largest absolute Gasteiger partial charge is 0.374 e. The Balaban J connectivity index is 1.67. The molecule has 2 aliphatic rings. The highest BCUT2D eigenvalue weighted by atomic mass is 16.5. The van der Waals surface area contributed by atoms with Gasteiger partial charge in [-0.1, -0.05) is 6.92 Å². The first-order valence-corrected chi connectivity index (χ1v) is 7.08. The molecule has 0 saturated carbocycles. The molecule has 1 N–H and O–H groups in total. The number of nitrogens with zero attached hydrogens (tertiary/aromatic N) is 2. The van der Waals surface area contributed by atoms with Crippen molar-refractivity contribution in [3.05, 3.63) is 0 Å². The molecule has 2 fully saturated rings. The lowest BCUT2D eigenvalue weighted by atomic mass is 10.2. The topological polar surface area (TPSA) is 27.7 Å². The summed E-state index contributed by atoms with van der Waals surface area (Å²) >= 11 is 0. The minimum absolute atomic E-state index is 0.402. The Labute approximate surface area is 105 Å². The van der Waals surface area contributed by atoms with Gasteiger partial charge in [0, 0.05) is 51.9 Å². The van der Waals surface area contributed by atoms with Crippen molar-refractivity contribution < 1.29 is 4.74 Å². The number of rotatable bonds is 4. The molecule has 0 spiro atoms. The monoisotopic (exact) mass is 241 g/mol. The van der Waals surface area contributed by atoms with Crippen molar-refractivity contribution in [2.45, 2.75) is 32.4 Å². The van der Waals surface area contributed by atoms with Crippen molar-refractivity contribution in [1.82, 2.24) is 15.1 Å². The molecule has 0 radical (unpaired) electrons. The Morgan fingerprint density at radius 2 is 2.06 bits per heavy atom. The molecular weight excluding hydrogens is 214 g/mol. The van der Waals surface area contributed by atoms with Crippen LogP contribution in [0.2, 0.25) is 0 Å². The minimum atomic E-state index is 0.402. The smallest absolute Gasteiger partial charge is 0.0826 e. The van der Waals surface area contributed by atoms with Gasteiger partial charge in [-0.3, -0.25) is 9.80 Å². The molecule has 2 aliphatic heterocycles. The number of hydrogen-bond donors (Lipinski definition) is 1. The lowest BCUT2D eigenvalue weighted by Crippen LogP contribution is -2.53. The van der Waals surface area contributed by atoms with E-state index in [2.05, 4.69) is 29.0 Å². The van der Waals surface area contributed by atoms with Crippen LogP contribution in [0.5, 0.6) is 0 Å². The Hall–Kier alpha value is -0.160. The average Bonchev–Trinajstić information content (AvgIpc) is 2.40. The maximum absolute atomic E-state index is 5.76. The quantitative estimate of drug-likeness (QED) is 0.771. The summed E-state index contributed by atoms with van der Waals surface area (Å²) in [5.41, 5.74) is 0. The van der Waals surface area contributed by atoms with E-state index in [0.29, 0.717) is 6.10 Å². The van der Waals surface area contributed by atoms with Crippen molar-refractivity contribution in [2.24, 2.45) is 0 Å². The summed E-state index contributed by atoms with van der Waals surface area (Å²) in [5, 5.41) is 3.40. The summed E-state index contributed by atoms with van der Waals surface area (Å²) in [6.07, 6.45) is 1.66. The highest BCUT2D eigenvalue weighted by molar-refractivity contribution is 4.79. The van der Waals surface area contributed by atoms with Crippen molar-refractivity contribution in [2.75, 3.05) is 52.4 Å². The number of ether oxygens (including phenoxy) is 1. The van der Waals surface area contributed by atoms with E-state index in [-0.39, 0.29) is 0 Å². The molecule has 2 atom stereocenters. The number of nitrogens with one attached hydrogen (secondary N) is 1. The van der Waals surface area contributed by atoms with Crippen LogP contribution in [0.25, 0.3) is 0 Å². The zero-order valence-corrected chi connectivity index (χ0v) is 11.3. The zero-order chi connectivity index (χ0) is 12.1. The van der Waals surface area contributed by atoms with Gasteiger partial charge in [0.15, 0.2) is 0 Å². The summed E-state index contributed by atoms with van der Waals surface area (Å²) in [6.45, 7) is 13.4. The van der Waals surface area contributed by atoms with Crippen LogP contribution in [-0.2, 0) is 4.74 Å². The molecule has 0 bridgehead atoms. The first-order chi connectivity index (χ1) is 8.29. The summed E-state index contributed by atoms with van der Waals surface area (Å²) < 4.78 is 5.76. The molecule has 2 heterocycles. The molecule has 4 heteroatoms. The lowest BCUT2D eigenvalue weighted by Gasteiger charge is -2.39. The fourth-order valence-electron chi connectivity index (χ4n) is 2.67. The first kappa shape index (κ1) is 13.3. The molecule has 2 rings (SSSR count). The van der Waals surface area contributed by atoms with Gasteiger partial charge in [-0.15, -0.1) is 0 Å². The van der Waals surface area contributed by atoms with Gasteiger partial charge in [0.25, 0.3) is 0 Å². The van der Waals surface area contributed by atoms with E-state index in [1.165, 1.54) is 32.6 Å². The molecule has 0 amide bonds. The molecular formula is C13H27N3O. The predicted molar refractivity (Wildman–Crippen MR) is 70.4 cm³/mol. The van der Waals surface area contributed by atoms with Gasteiger partial charge in [0.05, 0.1) is 12.7 Å². The minimum Gasteiger partial charge on any atom is -0.374 e. The number of morpholine rings is 1. The van der Waals surface area contributed by atoms with Crippen LogP contribution in [0.15, 0.2) is 0 Å².